The van der Waals surface area contributed by atoms with Crippen molar-refractivity contribution >= 4 is 29.6 Å². The van der Waals surface area contributed by atoms with Gasteiger partial charge in [0.15, 0.2) is 12.4 Å². The summed E-state index contributed by atoms with van der Waals surface area (Å²) in [6, 6.07) is 8.18. The lowest BCUT2D eigenvalue weighted by Crippen LogP contribution is -2.12. The summed E-state index contributed by atoms with van der Waals surface area (Å²) >= 11 is 1.48. The number of nitrogens with two attached hydrogens (primary N) is 2. The van der Waals surface area contributed by atoms with Gasteiger partial charge in [-0.2, -0.15) is 15.0 Å². The number of carbonyl (C=O) groups excluding carboxylic acids is 1. The van der Waals surface area contributed by atoms with E-state index in [4.69, 9.17) is 16.2 Å². The Hall–Kier alpha value is -2.35. The molecule has 116 valence electrons. The van der Waals surface area contributed by atoms with Gasteiger partial charge in [0, 0.05) is 5.75 Å². The molecule has 2 rings (SSSR count). The summed E-state index contributed by atoms with van der Waals surface area (Å²) < 4.78 is 5.07. The van der Waals surface area contributed by atoms with Crippen LogP contribution < -0.4 is 11.5 Å². The lowest BCUT2D eigenvalue weighted by Gasteiger charge is -2.05. The van der Waals surface area contributed by atoms with E-state index in [1.165, 1.54) is 22.9 Å². The smallest absolute Gasteiger partial charge is 0.316 e. The van der Waals surface area contributed by atoms with Crippen molar-refractivity contribution in [2.75, 3.05) is 17.2 Å². The number of carbonyl (C=O) groups is 1. The molecule has 0 radical (unpaired) electrons. The third-order valence-electron chi connectivity index (χ3n) is 2.69. The number of rotatable bonds is 6. The Balaban J connectivity index is 1.72. The van der Waals surface area contributed by atoms with Gasteiger partial charge in [0.2, 0.25) is 11.9 Å². The summed E-state index contributed by atoms with van der Waals surface area (Å²) in [5, 5.41) is 0. The first-order valence-corrected chi connectivity index (χ1v) is 7.73. The molecular weight excluding hydrogens is 302 g/mol. The number of ether oxygens (including phenoxy) is 1. The number of aryl methyl sites for hydroxylation is 1. The average molecular weight is 319 g/mol. The van der Waals surface area contributed by atoms with E-state index in [0.717, 1.165) is 5.75 Å². The maximum atomic E-state index is 11.7. The van der Waals surface area contributed by atoms with Gasteiger partial charge in [-0.05, 0) is 12.5 Å². The molecular formula is C14H17N5O2S. The normalized spacial score (nSPS) is 10.4. The minimum Gasteiger partial charge on any atom is -0.457 e. The van der Waals surface area contributed by atoms with Crippen molar-refractivity contribution in [2.45, 2.75) is 19.3 Å². The number of nitrogen functional groups attached to an aromatic ring is 2. The number of esters is 1. The maximum absolute atomic E-state index is 11.7. The van der Waals surface area contributed by atoms with Gasteiger partial charge in [0.25, 0.3) is 0 Å². The van der Waals surface area contributed by atoms with Crippen LogP contribution in [0.2, 0.25) is 0 Å². The van der Waals surface area contributed by atoms with Crippen LogP contribution in [0.1, 0.15) is 17.0 Å². The first-order valence-electron chi connectivity index (χ1n) is 6.58. The van der Waals surface area contributed by atoms with Gasteiger partial charge in [-0.1, -0.05) is 29.8 Å². The fourth-order valence-corrected chi connectivity index (χ4v) is 2.42. The zero-order chi connectivity index (χ0) is 15.9. The van der Waals surface area contributed by atoms with Gasteiger partial charge < -0.3 is 16.2 Å². The first-order chi connectivity index (χ1) is 10.5. The van der Waals surface area contributed by atoms with Crippen LogP contribution in [-0.2, 0) is 21.9 Å². The molecule has 0 spiro atoms. The van der Waals surface area contributed by atoms with E-state index in [1.54, 1.807) is 0 Å². The predicted octanol–water partition coefficient (Wildman–Crippen LogP) is 1.32. The van der Waals surface area contributed by atoms with Crippen LogP contribution in [-0.4, -0.2) is 26.7 Å². The van der Waals surface area contributed by atoms with E-state index in [0.29, 0.717) is 0 Å². The predicted molar refractivity (Wildman–Crippen MR) is 85.8 cm³/mol. The summed E-state index contributed by atoms with van der Waals surface area (Å²) in [6.07, 6.45) is 0. The van der Waals surface area contributed by atoms with Crippen LogP contribution in [0.4, 0.5) is 11.9 Å². The molecule has 0 aliphatic heterocycles. The molecule has 0 aliphatic carbocycles. The van der Waals surface area contributed by atoms with Gasteiger partial charge in [0.1, 0.15) is 0 Å². The minimum absolute atomic E-state index is 0.00675. The molecule has 0 saturated heterocycles. The Morgan fingerprint density at radius 2 is 1.77 bits per heavy atom. The SMILES string of the molecule is Cc1ccc(CSCC(=O)OCc2nc(N)nc(N)n2)cc1. The van der Waals surface area contributed by atoms with E-state index in [-0.39, 0.29) is 36.1 Å². The Morgan fingerprint density at radius 1 is 1.14 bits per heavy atom. The van der Waals surface area contributed by atoms with Gasteiger partial charge in [-0.25, -0.2) is 0 Å². The molecule has 0 bridgehead atoms. The topological polar surface area (TPSA) is 117 Å². The molecule has 0 fully saturated rings. The zero-order valence-corrected chi connectivity index (χ0v) is 13.0. The van der Waals surface area contributed by atoms with Crippen molar-refractivity contribution in [3.63, 3.8) is 0 Å². The molecule has 1 heterocycles. The molecule has 1 aromatic heterocycles. The number of nitrogens with zero attached hydrogens (tertiary/aromatic N) is 3. The van der Waals surface area contributed by atoms with Crippen LogP contribution in [0.25, 0.3) is 0 Å². The van der Waals surface area contributed by atoms with Gasteiger partial charge in [0.05, 0.1) is 5.75 Å². The molecule has 0 saturated carbocycles. The summed E-state index contributed by atoms with van der Waals surface area (Å²) in [6.45, 7) is 1.97. The monoisotopic (exact) mass is 319 g/mol. The van der Waals surface area contributed by atoms with E-state index >= 15 is 0 Å². The molecule has 1 aromatic carbocycles. The van der Waals surface area contributed by atoms with Gasteiger partial charge in [-0.15, -0.1) is 11.8 Å². The van der Waals surface area contributed by atoms with Crippen LogP contribution in [0, 0.1) is 6.92 Å². The van der Waals surface area contributed by atoms with Crippen molar-refractivity contribution in [3.8, 4) is 0 Å². The van der Waals surface area contributed by atoms with Crippen molar-refractivity contribution in [1.29, 1.82) is 0 Å². The number of thioether (sulfide) groups is 1. The molecule has 8 heteroatoms. The number of hydrogen-bond donors (Lipinski definition) is 2. The Labute approximate surface area is 132 Å². The summed E-state index contributed by atoms with van der Waals surface area (Å²) in [4.78, 5) is 23.0. The quantitative estimate of drug-likeness (QED) is 0.766. The van der Waals surface area contributed by atoms with Crippen LogP contribution >= 0.6 is 11.8 Å². The molecule has 0 atom stereocenters. The molecule has 0 amide bonds. The van der Waals surface area contributed by atoms with Crippen molar-refractivity contribution in [2.24, 2.45) is 0 Å². The highest BCUT2D eigenvalue weighted by Gasteiger charge is 2.07. The second kappa shape index (κ2) is 7.60. The molecule has 4 N–H and O–H groups in total. The van der Waals surface area contributed by atoms with Crippen LogP contribution in [0.5, 0.6) is 0 Å². The second-order valence-electron chi connectivity index (χ2n) is 4.61. The highest BCUT2D eigenvalue weighted by atomic mass is 32.2. The van der Waals surface area contributed by atoms with E-state index < -0.39 is 0 Å². The molecule has 2 aromatic rings. The number of benzene rings is 1. The van der Waals surface area contributed by atoms with Gasteiger partial charge >= 0.3 is 5.97 Å². The molecule has 7 nitrogen and oxygen atoms in total. The summed E-state index contributed by atoms with van der Waals surface area (Å²) in [7, 11) is 0. The zero-order valence-electron chi connectivity index (χ0n) is 12.2. The lowest BCUT2D eigenvalue weighted by molar-refractivity contribution is -0.141. The number of hydrogen-bond acceptors (Lipinski definition) is 8. The fraction of sp³-hybridized carbons (Fsp3) is 0.286. The molecule has 0 aliphatic rings. The van der Waals surface area contributed by atoms with Crippen LogP contribution in [0.3, 0.4) is 0 Å². The molecule has 22 heavy (non-hydrogen) atoms. The maximum Gasteiger partial charge on any atom is 0.316 e. The van der Waals surface area contributed by atoms with Gasteiger partial charge in [-0.3, -0.25) is 4.79 Å². The van der Waals surface area contributed by atoms with E-state index in [9.17, 15) is 4.79 Å². The minimum atomic E-state index is -0.338. The third kappa shape index (κ3) is 5.21. The fourth-order valence-electron chi connectivity index (χ4n) is 1.64. The first kappa shape index (κ1) is 16.0. The third-order valence-corrected chi connectivity index (χ3v) is 3.67. The van der Waals surface area contributed by atoms with E-state index in [1.807, 2.05) is 31.2 Å². The Kier molecular flexibility index (Phi) is 5.54. The summed E-state index contributed by atoms with van der Waals surface area (Å²) in [5.74, 6) is 0.918. The second-order valence-corrected chi connectivity index (χ2v) is 5.59. The van der Waals surface area contributed by atoms with Crippen molar-refractivity contribution in [3.05, 3.63) is 41.2 Å². The van der Waals surface area contributed by atoms with Crippen molar-refractivity contribution in [1.82, 2.24) is 15.0 Å². The molecule has 0 unspecified atom stereocenters. The number of anilines is 2. The highest BCUT2D eigenvalue weighted by molar-refractivity contribution is 7.99. The summed E-state index contributed by atoms with van der Waals surface area (Å²) in [5.41, 5.74) is 13.2. The Bertz CT molecular complexity index is 628. The van der Waals surface area contributed by atoms with E-state index in [2.05, 4.69) is 15.0 Å². The van der Waals surface area contributed by atoms with Crippen molar-refractivity contribution < 1.29 is 9.53 Å². The lowest BCUT2D eigenvalue weighted by atomic mass is 10.2. The van der Waals surface area contributed by atoms with Crippen LogP contribution in [0.15, 0.2) is 24.3 Å². The largest absolute Gasteiger partial charge is 0.457 e. The Morgan fingerprint density at radius 3 is 2.41 bits per heavy atom. The highest BCUT2D eigenvalue weighted by Crippen LogP contribution is 2.13. The average Bonchev–Trinajstić information content (AvgIpc) is 2.46. The standard InChI is InChI=1S/C14H17N5O2S/c1-9-2-4-10(5-3-9)7-22-8-12(20)21-6-11-17-13(15)19-14(16)18-11/h2-5H,6-8H2,1H3,(H4,15,16,17,18,19). The number of aromatic nitrogens is 3.